The van der Waals surface area contributed by atoms with Crippen LogP contribution in [-0.4, -0.2) is 37.0 Å². The van der Waals surface area contributed by atoms with E-state index >= 15 is 0 Å². The summed E-state index contributed by atoms with van der Waals surface area (Å²) in [5.74, 6) is -2.64. The van der Waals surface area contributed by atoms with Crippen LogP contribution >= 0.6 is 0 Å². The Bertz CT molecular complexity index is 480. The minimum atomic E-state index is -1.08. The van der Waals surface area contributed by atoms with Crippen LogP contribution in [0.4, 0.5) is 14.5 Å². The fraction of sp³-hybridized carbons (Fsp3) is 0.500. The second kappa shape index (κ2) is 7.19. The first-order chi connectivity index (χ1) is 9.36. The SMILES string of the molecule is CCC(C)N(C)CCNC(=O)c1cc(F)c(F)cc1N. The van der Waals surface area contributed by atoms with Crippen LogP contribution in [-0.2, 0) is 0 Å². The Morgan fingerprint density at radius 1 is 1.40 bits per heavy atom. The van der Waals surface area contributed by atoms with Gasteiger partial charge >= 0.3 is 0 Å². The number of hydrogen-bond donors (Lipinski definition) is 2. The number of nitrogen functional groups attached to an aromatic ring is 1. The summed E-state index contributed by atoms with van der Waals surface area (Å²) < 4.78 is 26.0. The minimum Gasteiger partial charge on any atom is -0.398 e. The Morgan fingerprint density at radius 2 is 2.00 bits per heavy atom. The first kappa shape index (κ1) is 16.4. The van der Waals surface area contributed by atoms with E-state index in [0.717, 1.165) is 18.6 Å². The highest BCUT2D eigenvalue weighted by Crippen LogP contribution is 2.16. The molecule has 1 amide bonds. The van der Waals surface area contributed by atoms with E-state index in [9.17, 15) is 13.6 Å². The molecule has 4 nitrogen and oxygen atoms in total. The van der Waals surface area contributed by atoms with Gasteiger partial charge in [0.2, 0.25) is 0 Å². The molecule has 0 fully saturated rings. The number of nitrogens with zero attached hydrogens (tertiary/aromatic N) is 1. The Hall–Kier alpha value is -1.69. The zero-order chi connectivity index (χ0) is 15.3. The first-order valence-electron chi connectivity index (χ1n) is 6.59. The number of anilines is 1. The minimum absolute atomic E-state index is 0.0462. The molecule has 0 spiro atoms. The van der Waals surface area contributed by atoms with Gasteiger partial charge < -0.3 is 16.0 Å². The summed E-state index contributed by atoms with van der Waals surface area (Å²) in [7, 11) is 1.96. The zero-order valence-electron chi connectivity index (χ0n) is 12.0. The molecule has 1 aromatic rings. The molecule has 0 aliphatic heterocycles. The molecule has 1 atom stereocenters. The van der Waals surface area contributed by atoms with Crippen molar-refractivity contribution < 1.29 is 13.6 Å². The predicted octanol–water partition coefficient (Wildman–Crippen LogP) is 2.01. The van der Waals surface area contributed by atoms with Gasteiger partial charge in [-0.15, -0.1) is 0 Å². The summed E-state index contributed by atoms with van der Waals surface area (Å²) >= 11 is 0. The fourth-order valence-corrected chi connectivity index (χ4v) is 1.73. The lowest BCUT2D eigenvalue weighted by Gasteiger charge is -2.23. The van der Waals surface area contributed by atoms with E-state index in [4.69, 9.17) is 5.73 Å². The van der Waals surface area contributed by atoms with Crippen LogP contribution in [0.1, 0.15) is 30.6 Å². The number of hydrogen-bond acceptors (Lipinski definition) is 3. The second-order valence-corrected chi connectivity index (χ2v) is 4.85. The Morgan fingerprint density at radius 3 is 2.60 bits per heavy atom. The molecule has 0 aliphatic rings. The molecular formula is C14H21F2N3O. The molecule has 0 saturated heterocycles. The third kappa shape index (κ3) is 4.16. The van der Waals surface area contributed by atoms with E-state index in [-0.39, 0.29) is 11.3 Å². The van der Waals surface area contributed by atoms with Gasteiger partial charge in [-0.05, 0) is 26.5 Å². The molecule has 1 aromatic carbocycles. The lowest BCUT2D eigenvalue weighted by atomic mass is 10.1. The molecule has 0 bridgehead atoms. The average Bonchev–Trinajstić information content (AvgIpc) is 2.41. The van der Waals surface area contributed by atoms with Gasteiger partial charge in [-0.2, -0.15) is 0 Å². The molecule has 1 rings (SSSR count). The Kier molecular flexibility index (Phi) is 5.88. The number of carbonyl (C=O) groups excluding carboxylic acids is 1. The van der Waals surface area contributed by atoms with Gasteiger partial charge in [-0.3, -0.25) is 4.79 Å². The lowest BCUT2D eigenvalue weighted by Crippen LogP contribution is -2.37. The normalized spacial score (nSPS) is 12.5. The highest BCUT2D eigenvalue weighted by molar-refractivity contribution is 5.99. The van der Waals surface area contributed by atoms with Crippen LogP contribution in [0.25, 0.3) is 0 Å². The van der Waals surface area contributed by atoms with Gasteiger partial charge in [0.25, 0.3) is 5.91 Å². The highest BCUT2D eigenvalue weighted by Gasteiger charge is 2.14. The Balaban J connectivity index is 2.58. The summed E-state index contributed by atoms with van der Waals surface area (Å²) in [6.45, 7) is 5.26. The molecule has 1 unspecified atom stereocenters. The van der Waals surface area contributed by atoms with E-state index in [2.05, 4.69) is 24.1 Å². The van der Waals surface area contributed by atoms with Gasteiger partial charge in [0.1, 0.15) is 0 Å². The Labute approximate surface area is 117 Å². The summed E-state index contributed by atoms with van der Waals surface area (Å²) in [6.07, 6.45) is 1.01. The van der Waals surface area contributed by atoms with Crippen LogP contribution in [0.2, 0.25) is 0 Å². The largest absolute Gasteiger partial charge is 0.398 e. The second-order valence-electron chi connectivity index (χ2n) is 4.85. The highest BCUT2D eigenvalue weighted by atomic mass is 19.2. The third-order valence-electron chi connectivity index (χ3n) is 3.43. The monoisotopic (exact) mass is 285 g/mol. The number of benzene rings is 1. The average molecular weight is 285 g/mol. The number of rotatable bonds is 6. The first-order valence-corrected chi connectivity index (χ1v) is 6.59. The quantitative estimate of drug-likeness (QED) is 0.786. The van der Waals surface area contributed by atoms with Crippen LogP contribution in [0, 0.1) is 11.6 Å². The molecule has 20 heavy (non-hydrogen) atoms. The van der Waals surface area contributed by atoms with Crippen molar-refractivity contribution in [3.8, 4) is 0 Å². The van der Waals surface area contributed by atoms with Crippen LogP contribution in [0.3, 0.4) is 0 Å². The number of likely N-dealkylation sites (N-methyl/N-ethyl adjacent to an activating group) is 1. The van der Waals surface area contributed by atoms with Crippen molar-refractivity contribution in [1.82, 2.24) is 10.2 Å². The van der Waals surface area contributed by atoms with Crippen molar-refractivity contribution in [3.63, 3.8) is 0 Å². The number of halogens is 2. The maximum Gasteiger partial charge on any atom is 0.253 e. The molecule has 0 heterocycles. The number of nitrogens with two attached hydrogens (primary N) is 1. The van der Waals surface area contributed by atoms with Crippen molar-refractivity contribution in [1.29, 1.82) is 0 Å². The van der Waals surface area contributed by atoms with Crippen LogP contribution < -0.4 is 11.1 Å². The van der Waals surface area contributed by atoms with Crippen LogP contribution in [0.15, 0.2) is 12.1 Å². The summed E-state index contributed by atoms with van der Waals surface area (Å²) in [5, 5.41) is 2.65. The number of amides is 1. The van der Waals surface area contributed by atoms with E-state index in [1.165, 1.54) is 0 Å². The lowest BCUT2D eigenvalue weighted by molar-refractivity contribution is 0.0947. The molecule has 0 aromatic heterocycles. The van der Waals surface area contributed by atoms with Gasteiger partial charge in [0.05, 0.1) is 5.56 Å². The van der Waals surface area contributed by atoms with Crippen molar-refractivity contribution >= 4 is 11.6 Å². The van der Waals surface area contributed by atoms with E-state index in [1.54, 1.807) is 0 Å². The number of nitrogens with one attached hydrogen (secondary N) is 1. The van der Waals surface area contributed by atoms with Crippen LogP contribution in [0.5, 0.6) is 0 Å². The standard InChI is InChI=1S/C14H21F2N3O/c1-4-9(2)19(3)6-5-18-14(20)10-7-11(15)12(16)8-13(10)17/h7-9H,4-6,17H2,1-3H3,(H,18,20). The van der Waals surface area contributed by atoms with Crippen molar-refractivity contribution in [2.75, 3.05) is 25.9 Å². The van der Waals surface area contributed by atoms with Gasteiger partial charge in [-0.25, -0.2) is 8.78 Å². The molecule has 3 N–H and O–H groups in total. The fourth-order valence-electron chi connectivity index (χ4n) is 1.73. The number of carbonyl (C=O) groups is 1. The molecule has 6 heteroatoms. The molecule has 112 valence electrons. The summed E-state index contributed by atoms with van der Waals surface area (Å²) in [6, 6.07) is 2.05. The van der Waals surface area contributed by atoms with E-state index < -0.39 is 17.5 Å². The van der Waals surface area contributed by atoms with Crippen molar-refractivity contribution in [2.24, 2.45) is 0 Å². The zero-order valence-corrected chi connectivity index (χ0v) is 12.0. The molecular weight excluding hydrogens is 264 g/mol. The maximum absolute atomic E-state index is 13.1. The van der Waals surface area contributed by atoms with Gasteiger partial charge in [0.15, 0.2) is 11.6 Å². The van der Waals surface area contributed by atoms with Gasteiger partial charge in [-0.1, -0.05) is 6.92 Å². The van der Waals surface area contributed by atoms with E-state index in [1.807, 2.05) is 7.05 Å². The summed E-state index contributed by atoms with van der Waals surface area (Å²) in [5.41, 5.74) is 5.40. The van der Waals surface area contributed by atoms with Crippen molar-refractivity contribution in [3.05, 3.63) is 29.3 Å². The molecule has 0 saturated carbocycles. The van der Waals surface area contributed by atoms with Gasteiger partial charge in [0, 0.05) is 30.9 Å². The predicted molar refractivity (Wildman–Crippen MR) is 75.5 cm³/mol. The van der Waals surface area contributed by atoms with Crippen molar-refractivity contribution in [2.45, 2.75) is 26.3 Å². The van der Waals surface area contributed by atoms with E-state index in [0.29, 0.717) is 19.1 Å². The maximum atomic E-state index is 13.1. The third-order valence-corrected chi connectivity index (χ3v) is 3.43. The molecule has 0 radical (unpaired) electrons. The smallest absolute Gasteiger partial charge is 0.253 e. The topological polar surface area (TPSA) is 58.4 Å². The molecule has 0 aliphatic carbocycles. The summed E-state index contributed by atoms with van der Waals surface area (Å²) in [4.78, 5) is 14.0.